The number of amides is 1. The molecule has 0 radical (unpaired) electrons. The maximum absolute atomic E-state index is 13.2. The van der Waals surface area contributed by atoms with Gasteiger partial charge in [-0.05, 0) is 18.2 Å². The SMILES string of the molecule is CN(C)C(=O)c1nnn(-c2cccc(F)c2)c1C(F)(F)F. The highest BCUT2D eigenvalue weighted by Gasteiger charge is 2.42. The van der Waals surface area contributed by atoms with Crippen molar-refractivity contribution in [3.05, 3.63) is 41.5 Å². The number of hydrogen-bond donors (Lipinski definition) is 0. The molecular weight excluding hydrogens is 292 g/mol. The zero-order chi connectivity index (χ0) is 15.8. The number of alkyl halides is 3. The third-order valence-electron chi connectivity index (χ3n) is 2.60. The zero-order valence-corrected chi connectivity index (χ0v) is 11.0. The molecular formula is C12H10F4N4O. The van der Waals surface area contributed by atoms with Crippen LogP contribution in [-0.4, -0.2) is 39.9 Å². The van der Waals surface area contributed by atoms with Crippen molar-refractivity contribution in [3.8, 4) is 5.69 Å². The van der Waals surface area contributed by atoms with E-state index < -0.39 is 29.3 Å². The molecule has 1 aromatic carbocycles. The van der Waals surface area contributed by atoms with Gasteiger partial charge in [-0.2, -0.15) is 13.2 Å². The lowest BCUT2D eigenvalue weighted by Gasteiger charge is -2.13. The Bertz CT molecular complexity index is 678. The summed E-state index contributed by atoms with van der Waals surface area (Å²) in [7, 11) is 2.59. The number of carbonyl (C=O) groups is 1. The first-order chi connectivity index (χ1) is 9.71. The molecule has 0 aliphatic carbocycles. The molecule has 0 spiro atoms. The van der Waals surface area contributed by atoms with Gasteiger partial charge < -0.3 is 4.90 Å². The van der Waals surface area contributed by atoms with E-state index in [0.717, 1.165) is 17.0 Å². The number of hydrogen-bond acceptors (Lipinski definition) is 3. The van der Waals surface area contributed by atoms with Crippen molar-refractivity contribution in [3.63, 3.8) is 0 Å². The number of rotatable bonds is 2. The van der Waals surface area contributed by atoms with Crippen LogP contribution in [0.4, 0.5) is 17.6 Å². The molecule has 0 aliphatic heterocycles. The Kier molecular flexibility index (Phi) is 3.67. The van der Waals surface area contributed by atoms with E-state index in [4.69, 9.17) is 0 Å². The molecule has 21 heavy (non-hydrogen) atoms. The number of halogens is 4. The molecule has 0 unspecified atom stereocenters. The van der Waals surface area contributed by atoms with Crippen LogP contribution in [0, 0.1) is 5.82 Å². The fourth-order valence-electron chi connectivity index (χ4n) is 1.68. The summed E-state index contributed by atoms with van der Waals surface area (Å²) in [6, 6.07) is 4.42. The van der Waals surface area contributed by atoms with Gasteiger partial charge in [-0.1, -0.05) is 11.3 Å². The van der Waals surface area contributed by atoms with E-state index in [0.29, 0.717) is 4.68 Å². The van der Waals surface area contributed by atoms with Crippen molar-refractivity contribution in [2.75, 3.05) is 14.1 Å². The van der Waals surface area contributed by atoms with Crippen LogP contribution in [0.25, 0.3) is 5.69 Å². The minimum atomic E-state index is -4.86. The average Bonchev–Trinajstić information content (AvgIpc) is 2.82. The second kappa shape index (κ2) is 5.15. The Labute approximate surface area is 116 Å². The first-order valence-electron chi connectivity index (χ1n) is 5.72. The van der Waals surface area contributed by atoms with Crippen LogP contribution in [-0.2, 0) is 6.18 Å². The van der Waals surface area contributed by atoms with Gasteiger partial charge in [0.05, 0.1) is 5.69 Å². The van der Waals surface area contributed by atoms with E-state index in [2.05, 4.69) is 10.3 Å². The summed E-state index contributed by atoms with van der Waals surface area (Å²) in [5, 5.41) is 6.62. The van der Waals surface area contributed by atoms with E-state index in [-0.39, 0.29) is 5.69 Å². The molecule has 0 aliphatic rings. The summed E-state index contributed by atoms with van der Waals surface area (Å²) in [6.45, 7) is 0. The van der Waals surface area contributed by atoms with Crippen LogP contribution >= 0.6 is 0 Å². The van der Waals surface area contributed by atoms with Crippen molar-refractivity contribution in [2.24, 2.45) is 0 Å². The molecule has 2 aromatic rings. The largest absolute Gasteiger partial charge is 0.435 e. The monoisotopic (exact) mass is 302 g/mol. The van der Waals surface area contributed by atoms with E-state index in [1.165, 1.54) is 26.2 Å². The second-order valence-corrected chi connectivity index (χ2v) is 4.38. The fourth-order valence-corrected chi connectivity index (χ4v) is 1.68. The number of carbonyl (C=O) groups excluding carboxylic acids is 1. The molecule has 1 aromatic heterocycles. The summed E-state index contributed by atoms with van der Waals surface area (Å²) in [5.41, 5.74) is -2.35. The first kappa shape index (κ1) is 14.9. The Morgan fingerprint density at radius 1 is 1.29 bits per heavy atom. The second-order valence-electron chi connectivity index (χ2n) is 4.38. The number of benzene rings is 1. The van der Waals surface area contributed by atoms with Gasteiger partial charge in [-0.25, -0.2) is 9.07 Å². The van der Waals surface area contributed by atoms with Gasteiger partial charge in [0.1, 0.15) is 5.82 Å². The maximum Gasteiger partial charge on any atom is 0.435 e. The average molecular weight is 302 g/mol. The Hall–Kier alpha value is -2.45. The van der Waals surface area contributed by atoms with Crippen LogP contribution in [0.3, 0.4) is 0 Å². The normalized spacial score (nSPS) is 11.5. The third-order valence-corrected chi connectivity index (χ3v) is 2.60. The molecule has 0 fully saturated rings. The van der Waals surface area contributed by atoms with Crippen molar-refractivity contribution >= 4 is 5.91 Å². The van der Waals surface area contributed by atoms with Crippen molar-refractivity contribution < 1.29 is 22.4 Å². The van der Waals surface area contributed by atoms with E-state index in [1.54, 1.807) is 0 Å². The molecule has 0 saturated heterocycles. The summed E-state index contributed by atoms with van der Waals surface area (Å²) >= 11 is 0. The highest BCUT2D eigenvalue weighted by atomic mass is 19.4. The number of nitrogens with zero attached hydrogens (tertiary/aromatic N) is 4. The topological polar surface area (TPSA) is 51.0 Å². The molecule has 9 heteroatoms. The summed E-state index contributed by atoms with van der Waals surface area (Å²) in [5.74, 6) is -1.67. The third kappa shape index (κ3) is 2.86. The molecule has 0 atom stereocenters. The predicted molar refractivity (Wildman–Crippen MR) is 64.3 cm³/mol. The Morgan fingerprint density at radius 2 is 1.95 bits per heavy atom. The highest BCUT2D eigenvalue weighted by molar-refractivity contribution is 5.93. The standard InChI is InChI=1S/C12H10F4N4O/c1-19(2)11(21)9-10(12(14,15)16)20(18-17-9)8-5-3-4-7(13)6-8/h3-6H,1-2H3. The zero-order valence-electron chi connectivity index (χ0n) is 11.0. The quantitative estimate of drug-likeness (QED) is 0.799. The first-order valence-corrected chi connectivity index (χ1v) is 5.72. The van der Waals surface area contributed by atoms with Crippen LogP contribution in [0.15, 0.2) is 24.3 Å². The van der Waals surface area contributed by atoms with Gasteiger partial charge in [0.15, 0.2) is 11.4 Å². The van der Waals surface area contributed by atoms with Gasteiger partial charge in [-0.15, -0.1) is 5.10 Å². The minimum Gasteiger partial charge on any atom is -0.343 e. The smallest absolute Gasteiger partial charge is 0.343 e. The fraction of sp³-hybridized carbons (Fsp3) is 0.250. The van der Waals surface area contributed by atoms with Crippen LogP contribution < -0.4 is 0 Å². The van der Waals surface area contributed by atoms with Crippen molar-refractivity contribution in [1.82, 2.24) is 19.9 Å². The molecule has 1 amide bonds. The van der Waals surface area contributed by atoms with Gasteiger partial charge in [0, 0.05) is 14.1 Å². The van der Waals surface area contributed by atoms with Crippen molar-refractivity contribution in [1.29, 1.82) is 0 Å². The van der Waals surface area contributed by atoms with E-state index >= 15 is 0 Å². The van der Waals surface area contributed by atoms with Crippen LogP contribution in [0.2, 0.25) is 0 Å². The summed E-state index contributed by atoms with van der Waals surface area (Å²) in [6.07, 6.45) is -4.86. The Morgan fingerprint density at radius 3 is 2.48 bits per heavy atom. The lowest BCUT2D eigenvalue weighted by Crippen LogP contribution is -2.26. The molecule has 112 valence electrons. The highest BCUT2D eigenvalue weighted by Crippen LogP contribution is 2.33. The number of aromatic nitrogens is 3. The van der Waals surface area contributed by atoms with Gasteiger partial charge >= 0.3 is 6.18 Å². The van der Waals surface area contributed by atoms with Gasteiger partial charge in [0.25, 0.3) is 5.91 Å². The van der Waals surface area contributed by atoms with Crippen LogP contribution in [0.5, 0.6) is 0 Å². The molecule has 1 heterocycles. The van der Waals surface area contributed by atoms with Gasteiger partial charge in [0.2, 0.25) is 0 Å². The van der Waals surface area contributed by atoms with E-state index in [1.807, 2.05) is 0 Å². The molecule has 0 N–H and O–H groups in total. The maximum atomic E-state index is 13.2. The summed E-state index contributed by atoms with van der Waals surface area (Å²) in [4.78, 5) is 12.7. The summed E-state index contributed by atoms with van der Waals surface area (Å²) < 4.78 is 53.1. The van der Waals surface area contributed by atoms with Crippen LogP contribution in [0.1, 0.15) is 16.2 Å². The Balaban J connectivity index is 2.66. The lowest BCUT2D eigenvalue weighted by molar-refractivity contribution is -0.143. The molecule has 5 nitrogen and oxygen atoms in total. The lowest BCUT2D eigenvalue weighted by atomic mass is 10.2. The van der Waals surface area contributed by atoms with Crippen molar-refractivity contribution in [2.45, 2.75) is 6.18 Å². The minimum absolute atomic E-state index is 0.173. The predicted octanol–water partition coefficient (Wildman–Crippen LogP) is 2.13. The molecule has 0 saturated carbocycles. The van der Waals surface area contributed by atoms with E-state index in [9.17, 15) is 22.4 Å². The molecule has 0 bridgehead atoms. The molecule has 2 rings (SSSR count). The van der Waals surface area contributed by atoms with Gasteiger partial charge in [-0.3, -0.25) is 4.79 Å².